The molecule has 0 fully saturated rings. The number of amides is 1. The normalized spacial score (nSPS) is 15.3. The third-order valence-electron chi connectivity index (χ3n) is 5.22. The Kier molecular flexibility index (Phi) is 5.22. The molecule has 1 N–H and O–H groups in total. The molecule has 0 unspecified atom stereocenters. The van der Waals surface area contributed by atoms with Crippen molar-refractivity contribution in [3.63, 3.8) is 0 Å². The molecule has 0 saturated carbocycles. The number of nitrogens with zero attached hydrogens (tertiary/aromatic N) is 3. The van der Waals surface area contributed by atoms with Gasteiger partial charge in [-0.15, -0.1) is 0 Å². The minimum Gasteiger partial charge on any atom is -0.449 e. The minimum absolute atomic E-state index is 0.00946. The summed E-state index contributed by atoms with van der Waals surface area (Å²) in [5.41, 5.74) is 5.10. The number of nitriles is 1. The summed E-state index contributed by atoms with van der Waals surface area (Å²) in [5.74, 6) is 0.303. The van der Waals surface area contributed by atoms with Gasteiger partial charge in [0, 0.05) is 35.3 Å². The second-order valence-electron chi connectivity index (χ2n) is 7.92. The van der Waals surface area contributed by atoms with Gasteiger partial charge in [-0.3, -0.25) is 4.98 Å². The number of aromatic nitrogens is 2. The van der Waals surface area contributed by atoms with Gasteiger partial charge in [0.05, 0.1) is 30.5 Å². The van der Waals surface area contributed by atoms with E-state index in [1.54, 1.807) is 6.20 Å². The van der Waals surface area contributed by atoms with Gasteiger partial charge in [0.2, 0.25) is 0 Å². The molecule has 4 rings (SSSR count). The molecule has 6 heteroatoms. The van der Waals surface area contributed by atoms with Crippen molar-refractivity contribution in [3.05, 3.63) is 65.1 Å². The van der Waals surface area contributed by atoms with Crippen LogP contribution in [0.5, 0.6) is 0 Å². The molecule has 1 aliphatic rings. The monoisotopic (exact) mass is 388 g/mol. The molecule has 1 amide bonds. The highest BCUT2D eigenvalue weighted by molar-refractivity contribution is 5.88. The summed E-state index contributed by atoms with van der Waals surface area (Å²) in [6.07, 6.45) is 2.89. The fourth-order valence-electron chi connectivity index (χ4n) is 3.95. The quantitative estimate of drug-likeness (QED) is 0.721. The maximum Gasteiger partial charge on any atom is 0.407 e. The summed E-state index contributed by atoms with van der Waals surface area (Å²) in [6.45, 7) is 5.09. The van der Waals surface area contributed by atoms with Gasteiger partial charge in [-0.25, -0.2) is 4.79 Å². The van der Waals surface area contributed by atoms with Crippen molar-refractivity contribution in [3.8, 4) is 6.07 Å². The number of benzene rings is 1. The number of rotatable bonds is 5. The zero-order valence-electron chi connectivity index (χ0n) is 16.7. The van der Waals surface area contributed by atoms with Gasteiger partial charge >= 0.3 is 6.09 Å². The third kappa shape index (κ3) is 3.95. The number of hydrogen-bond donors (Lipinski definition) is 1. The fourth-order valence-corrected chi connectivity index (χ4v) is 3.95. The van der Waals surface area contributed by atoms with Crippen LogP contribution in [-0.2, 0) is 24.1 Å². The molecule has 3 aromatic rings. The number of carbonyl (C=O) groups is 1. The Balaban J connectivity index is 1.64. The molecule has 0 radical (unpaired) electrons. The summed E-state index contributed by atoms with van der Waals surface area (Å²) in [4.78, 5) is 16.6. The largest absolute Gasteiger partial charge is 0.449 e. The van der Waals surface area contributed by atoms with Crippen LogP contribution < -0.4 is 5.32 Å². The molecule has 0 spiro atoms. The van der Waals surface area contributed by atoms with Gasteiger partial charge in [-0.2, -0.15) is 5.26 Å². The number of carbonyl (C=O) groups excluding carboxylic acids is 1. The van der Waals surface area contributed by atoms with Crippen molar-refractivity contribution in [2.75, 3.05) is 6.61 Å². The van der Waals surface area contributed by atoms with Crippen LogP contribution in [0.4, 0.5) is 4.79 Å². The summed E-state index contributed by atoms with van der Waals surface area (Å²) in [7, 11) is 0. The van der Waals surface area contributed by atoms with Crippen molar-refractivity contribution in [1.29, 1.82) is 5.26 Å². The van der Waals surface area contributed by atoms with E-state index in [4.69, 9.17) is 4.74 Å². The van der Waals surface area contributed by atoms with Crippen LogP contribution in [0, 0.1) is 17.2 Å². The summed E-state index contributed by atoms with van der Waals surface area (Å²) >= 11 is 0. The topological polar surface area (TPSA) is 79.9 Å². The zero-order valence-corrected chi connectivity index (χ0v) is 16.7. The predicted molar refractivity (Wildman–Crippen MR) is 111 cm³/mol. The Morgan fingerprint density at radius 3 is 2.93 bits per heavy atom. The molecule has 0 saturated heterocycles. The van der Waals surface area contributed by atoms with Gasteiger partial charge in [0.1, 0.15) is 0 Å². The van der Waals surface area contributed by atoms with Crippen molar-refractivity contribution < 1.29 is 9.53 Å². The number of ether oxygens (including phenoxy) is 1. The lowest BCUT2D eigenvalue weighted by molar-refractivity contribution is 0.129. The smallest absolute Gasteiger partial charge is 0.407 e. The summed E-state index contributed by atoms with van der Waals surface area (Å²) in [5, 5.41) is 13.4. The Labute approximate surface area is 170 Å². The number of pyridine rings is 1. The lowest BCUT2D eigenvalue weighted by Crippen LogP contribution is -2.36. The molecule has 6 nitrogen and oxygen atoms in total. The Bertz CT molecular complexity index is 1080. The highest BCUT2D eigenvalue weighted by Crippen LogP contribution is 2.34. The van der Waals surface area contributed by atoms with Crippen LogP contribution in [-0.4, -0.2) is 28.3 Å². The third-order valence-corrected chi connectivity index (χ3v) is 5.22. The highest BCUT2D eigenvalue weighted by Gasteiger charge is 2.30. The van der Waals surface area contributed by atoms with Crippen LogP contribution in [0.3, 0.4) is 0 Å². The second-order valence-corrected chi connectivity index (χ2v) is 7.92. The van der Waals surface area contributed by atoms with Crippen LogP contribution in [0.25, 0.3) is 10.9 Å². The average Bonchev–Trinajstić information content (AvgIpc) is 3.25. The van der Waals surface area contributed by atoms with Crippen molar-refractivity contribution in [2.45, 2.75) is 39.3 Å². The van der Waals surface area contributed by atoms with Crippen LogP contribution in [0.2, 0.25) is 0 Å². The minimum atomic E-state index is -0.368. The predicted octanol–water partition coefficient (Wildman–Crippen LogP) is 3.81. The van der Waals surface area contributed by atoms with Crippen molar-refractivity contribution in [2.24, 2.45) is 5.92 Å². The molecular formula is C23H24N4O2. The number of alkyl carbamates (subject to hydrolysis) is 1. The van der Waals surface area contributed by atoms with Crippen LogP contribution in [0.15, 0.2) is 42.6 Å². The Morgan fingerprint density at radius 2 is 2.21 bits per heavy atom. The van der Waals surface area contributed by atoms with Crippen LogP contribution in [0.1, 0.15) is 36.4 Å². The molecule has 1 aliphatic carbocycles. The molecular weight excluding hydrogens is 364 g/mol. The van der Waals surface area contributed by atoms with Crippen LogP contribution >= 0.6 is 0 Å². The van der Waals surface area contributed by atoms with E-state index in [2.05, 4.69) is 20.9 Å². The van der Waals surface area contributed by atoms with Crippen molar-refractivity contribution >= 4 is 17.0 Å². The highest BCUT2D eigenvalue weighted by atomic mass is 16.5. The first-order chi connectivity index (χ1) is 14.0. The van der Waals surface area contributed by atoms with Gasteiger partial charge in [-0.05, 0) is 48.2 Å². The first kappa shape index (κ1) is 19.0. The first-order valence-corrected chi connectivity index (χ1v) is 9.92. The van der Waals surface area contributed by atoms with E-state index < -0.39 is 0 Å². The van der Waals surface area contributed by atoms with Gasteiger partial charge in [0.15, 0.2) is 0 Å². The molecule has 1 atom stereocenters. The summed E-state index contributed by atoms with van der Waals surface area (Å²) < 4.78 is 7.54. The summed E-state index contributed by atoms with van der Waals surface area (Å²) in [6, 6.07) is 13.9. The average molecular weight is 388 g/mol. The maximum absolute atomic E-state index is 12.1. The Hall–Kier alpha value is -3.33. The van der Waals surface area contributed by atoms with Gasteiger partial charge in [-0.1, -0.05) is 19.9 Å². The fraction of sp³-hybridized carbons (Fsp3) is 0.348. The van der Waals surface area contributed by atoms with Gasteiger partial charge in [0.25, 0.3) is 0 Å². The zero-order chi connectivity index (χ0) is 20.4. The standard InChI is InChI=1S/C23H24N4O2/c1-15(2)14-29-23(28)26-18-10-20-19-9-16(12-24)6-7-21(19)27(22(20)11-18)13-17-5-3-4-8-25-17/h3-9,15,18H,10-11,13-14H2,1-2H3,(H,26,28)/t18-/m0/s1. The van der Waals surface area contributed by atoms with E-state index in [-0.39, 0.29) is 12.1 Å². The molecule has 1 aromatic carbocycles. The second kappa shape index (κ2) is 7.96. The van der Waals surface area contributed by atoms with Crippen molar-refractivity contribution in [1.82, 2.24) is 14.9 Å². The first-order valence-electron chi connectivity index (χ1n) is 9.92. The SMILES string of the molecule is CC(C)COC(=O)N[C@H]1Cc2c(n(Cc3ccccn3)c3ccc(C#N)cc23)C1. The molecule has 2 heterocycles. The lowest BCUT2D eigenvalue weighted by Gasteiger charge is -2.15. The Morgan fingerprint density at radius 1 is 1.34 bits per heavy atom. The van der Waals surface area contributed by atoms with E-state index in [1.807, 2.05) is 50.2 Å². The van der Waals surface area contributed by atoms with E-state index in [9.17, 15) is 10.1 Å². The lowest BCUT2D eigenvalue weighted by atomic mass is 10.1. The molecule has 0 aliphatic heterocycles. The van der Waals surface area contributed by atoms with Gasteiger partial charge < -0.3 is 14.6 Å². The molecule has 29 heavy (non-hydrogen) atoms. The number of nitrogens with one attached hydrogen (secondary N) is 1. The van der Waals surface area contributed by atoms with E-state index >= 15 is 0 Å². The number of fused-ring (bicyclic) bond motifs is 3. The van der Waals surface area contributed by atoms with E-state index in [1.165, 1.54) is 11.3 Å². The van der Waals surface area contributed by atoms with E-state index in [0.29, 0.717) is 24.6 Å². The molecule has 2 aromatic heterocycles. The maximum atomic E-state index is 12.1. The molecule has 0 bridgehead atoms. The van der Waals surface area contributed by atoms with E-state index in [0.717, 1.165) is 29.4 Å². The number of hydrogen-bond acceptors (Lipinski definition) is 4. The molecule has 148 valence electrons.